The summed E-state index contributed by atoms with van der Waals surface area (Å²) in [5, 5.41) is 0. The Hall–Kier alpha value is -2.67. The Bertz CT molecular complexity index is 1260. The third kappa shape index (κ3) is 7.50. The van der Waals surface area contributed by atoms with Crippen molar-refractivity contribution in [2.75, 3.05) is 26.5 Å². The van der Waals surface area contributed by atoms with Gasteiger partial charge in [0.05, 0.1) is 16.6 Å². The summed E-state index contributed by atoms with van der Waals surface area (Å²) in [6.45, 7) is 3.61. The van der Waals surface area contributed by atoms with Gasteiger partial charge in [-0.2, -0.15) is 0 Å². The summed E-state index contributed by atoms with van der Waals surface area (Å²) in [5.74, 6) is -1.18. The monoisotopic (exact) mass is 564 g/mol. The third-order valence-corrected chi connectivity index (χ3v) is 8.74. The second-order valence-electron chi connectivity index (χ2n) is 10.4. The molecule has 4 rings (SSSR count). The molecule has 2 N–H and O–H groups in total. The van der Waals surface area contributed by atoms with Crippen molar-refractivity contribution < 1.29 is 31.8 Å². The largest absolute Gasteiger partial charge is 0.474 e. The highest BCUT2D eigenvalue weighted by Crippen LogP contribution is 2.29. The zero-order chi connectivity index (χ0) is 28.2. The first kappa shape index (κ1) is 29.3. The average Bonchev–Trinajstić information content (AvgIpc) is 2.92. The summed E-state index contributed by atoms with van der Waals surface area (Å²) in [6.07, 6.45) is 8.73. The first-order chi connectivity index (χ1) is 18.5. The molecule has 0 bridgehead atoms. The fraction of sp³-hybridized carbons (Fsp3) is 0.593. The lowest BCUT2D eigenvalue weighted by molar-refractivity contribution is -0.136. The van der Waals surface area contributed by atoms with Crippen molar-refractivity contribution in [1.82, 2.24) is 14.9 Å². The van der Waals surface area contributed by atoms with Gasteiger partial charge < -0.3 is 24.8 Å². The summed E-state index contributed by atoms with van der Waals surface area (Å²) in [7, 11) is -1.77. The van der Waals surface area contributed by atoms with E-state index in [1.807, 2.05) is 0 Å². The summed E-state index contributed by atoms with van der Waals surface area (Å²) < 4.78 is 54.7. The van der Waals surface area contributed by atoms with Gasteiger partial charge in [-0.1, -0.05) is 6.07 Å². The number of nitrogens with zero attached hydrogens (tertiary/aromatic N) is 3. The van der Waals surface area contributed by atoms with Crippen molar-refractivity contribution in [1.29, 1.82) is 0 Å². The number of sulfone groups is 1. The van der Waals surface area contributed by atoms with E-state index in [2.05, 4.69) is 14.9 Å². The second-order valence-corrected chi connectivity index (χ2v) is 12.4. The summed E-state index contributed by atoms with van der Waals surface area (Å²) in [6, 6.07) is 2.90. The molecule has 10 nitrogen and oxygen atoms in total. The molecule has 2 aliphatic rings. The highest BCUT2D eigenvalue weighted by Gasteiger charge is 2.30. The van der Waals surface area contributed by atoms with Crippen molar-refractivity contribution in [3.05, 3.63) is 41.5 Å². The van der Waals surface area contributed by atoms with Gasteiger partial charge in [-0.15, -0.1) is 0 Å². The minimum atomic E-state index is -3.55. The van der Waals surface area contributed by atoms with Crippen LogP contribution in [0.4, 0.5) is 4.39 Å². The number of hydrogen-bond donors (Lipinski definition) is 1. The molecule has 0 spiro atoms. The molecule has 39 heavy (non-hydrogen) atoms. The lowest BCUT2D eigenvalue weighted by Crippen LogP contribution is -2.46. The first-order valence-electron chi connectivity index (χ1n) is 13.3. The van der Waals surface area contributed by atoms with Gasteiger partial charge in [0.1, 0.15) is 24.3 Å². The SMILES string of the molecule is COC1CCC(N2CCC(Oc3ncnc(OC(=O)[C@@H](N)Cc4ccc(S(C)(=O)=O)cc4F)c3C)CC2)CC1. The molecule has 1 aliphatic carbocycles. The summed E-state index contributed by atoms with van der Waals surface area (Å²) in [5.41, 5.74) is 6.55. The highest BCUT2D eigenvalue weighted by molar-refractivity contribution is 7.90. The summed E-state index contributed by atoms with van der Waals surface area (Å²) in [4.78, 5) is 23.3. The number of rotatable bonds is 9. The Morgan fingerprint density at radius 1 is 1.10 bits per heavy atom. The second kappa shape index (κ2) is 12.7. The molecule has 1 saturated carbocycles. The minimum Gasteiger partial charge on any atom is -0.474 e. The molecule has 1 aliphatic heterocycles. The zero-order valence-electron chi connectivity index (χ0n) is 22.6. The van der Waals surface area contributed by atoms with Gasteiger partial charge in [-0.25, -0.2) is 27.6 Å². The van der Waals surface area contributed by atoms with Crippen LogP contribution in [0, 0.1) is 12.7 Å². The maximum Gasteiger partial charge on any atom is 0.329 e. The quantitative estimate of drug-likeness (QED) is 0.453. The molecule has 0 amide bonds. The predicted molar refractivity (Wildman–Crippen MR) is 142 cm³/mol. The number of nitrogens with two attached hydrogens (primary N) is 1. The van der Waals surface area contributed by atoms with Crippen molar-refractivity contribution in [2.45, 2.75) is 81.1 Å². The lowest BCUT2D eigenvalue weighted by Gasteiger charge is -2.40. The molecule has 0 unspecified atom stereocenters. The number of esters is 1. The topological polar surface area (TPSA) is 134 Å². The Morgan fingerprint density at radius 2 is 1.77 bits per heavy atom. The first-order valence-corrected chi connectivity index (χ1v) is 15.1. The number of halogens is 1. The van der Waals surface area contributed by atoms with Crippen LogP contribution < -0.4 is 15.2 Å². The van der Waals surface area contributed by atoms with Crippen molar-refractivity contribution in [3.63, 3.8) is 0 Å². The van der Waals surface area contributed by atoms with Crippen molar-refractivity contribution >= 4 is 15.8 Å². The standard InChI is InChI=1S/C27H37FN4O6S/c1-17-25(37-21-10-12-32(13-11-21)19-5-7-20(36-2)8-6-19)30-16-31-26(17)38-27(33)24(29)14-18-4-9-22(15-23(18)28)39(3,34)35/h4,9,15-16,19-21,24H,5-8,10-14,29H2,1-3H3/t19?,20?,24-/m0/s1. The summed E-state index contributed by atoms with van der Waals surface area (Å²) >= 11 is 0. The van der Waals surface area contributed by atoms with Crippen LogP contribution in [0.1, 0.15) is 49.7 Å². The predicted octanol–water partition coefficient (Wildman–Crippen LogP) is 2.60. The van der Waals surface area contributed by atoms with Crippen LogP contribution in [0.2, 0.25) is 0 Å². The van der Waals surface area contributed by atoms with E-state index in [1.165, 1.54) is 18.5 Å². The maximum absolute atomic E-state index is 14.4. The Kier molecular flexibility index (Phi) is 9.52. The number of carbonyl (C=O) groups excluding carboxylic acids is 1. The van der Waals surface area contributed by atoms with E-state index in [1.54, 1.807) is 14.0 Å². The molecule has 12 heteroatoms. The molecule has 1 atom stereocenters. The fourth-order valence-electron chi connectivity index (χ4n) is 5.22. The number of methoxy groups -OCH3 is 1. The zero-order valence-corrected chi connectivity index (χ0v) is 23.5. The van der Waals surface area contributed by atoms with Gasteiger partial charge in [0, 0.05) is 38.9 Å². The van der Waals surface area contributed by atoms with Gasteiger partial charge in [0.2, 0.25) is 11.8 Å². The van der Waals surface area contributed by atoms with Gasteiger partial charge in [0.15, 0.2) is 9.84 Å². The van der Waals surface area contributed by atoms with Crippen LogP contribution in [-0.2, 0) is 25.8 Å². The number of benzene rings is 1. The molecule has 2 fully saturated rings. The molecule has 2 heterocycles. The average molecular weight is 565 g/mol. The van der Waals surface area contributed by atoms with E-state index in [4.69, 9.17) is 19.9 Å². The molecular weight excluding hydrogens is 527 g/mol. The maximum atomic E-state index is 14.4. The minimum absolute atomic E-state index is 0.00569. The van der Waals surface area contributed by atoms with E-state index in [-0.39, 0.29) is 28.9 Å². The highest BCUT2D eigenvalue weighted by atomic mass is 32.2. The van der Waals surface area contributed by atoms with Gasteiger partial charge in [0.25, 0.3) is 0 Å². The molecule has 2 aromatic rings. The van der Waals surface area contributed by atoms with Crippen molar-refractivity contribution in [2.24, 2.45) is 5.73 Å². The van der Waals surface area contributed by atoms with Crippen LogP contribution in [0.3, 0.4) is 0 Å². The van der Waals surface area contributed by atoms with E-state index < -0.39 is 27.7 Å². The van der Waals surface area contributed by atoms with Crippen molar-refractivity contribution in [3.8, 4) is 11.8 Å². The fourth-order valence-corrected chi connectivity index (χ4v) is 5.85. The number of piperidine rings is 1. The number of hydrogen-bond acceptors (Lipinski definition) is 10. The van der Waals surface area contributed by atoms with Crippen LogP contribution in [0.5, 0.6) is 11.8 Å². The number of aromatic nitrogens is 2. The molecule has 1 aromatic carbocycles. The molecular formula is C27H37FN4O6S. The van der Waals surface area contributed by atoms with Gasteiger partial charge >= 0.3 is 5.97 Å². The molecule has 1 saturated heterocycles. The normalized spacial score (nSPS) is 21.9. The molecule has 0 radical (unpaired) electrons. The Balaban J connectivity index is 1.31. The lowest BCUT2D eigenvalue weighted by atomic mass is 9.90. The Labute approximate surface area is 229 Å². The molecule has 214 valence electrons. The van der Waals surface area contributed by atoms with Crippen LogP contribution >= 0.6 is 0 Å². The van der Waals surface area contributed by atoms with Crippen LogP contribution in [-0.4, -0.2) is 80.0 Å². The van der Waals surface area contributed by atoms with E-state index in [0.29, 0.717) is 23.6 Å². The third-order valence-electron chi connectivity index (χ3n) is 7.63. The van der Waals surface area contributed by atoms with E-state index in [9.17, 15) is 17.6 Å². The van der Waals surface area contributed by atoms with Crippen LogP contribution in [0.15, 0.2) is 29.4 Å². The van der Waals surface area contributed by atoms with Gasteiger partial charge in [-0.3, -0.25) is 0 Å². The van der Waals surface area contributed by atoms with E-state index in [0.717, 1.165) is 63.9 Å². The van der Waals surface area contributed by atoms with E-state index >= 15 is 0 Å². The number of ether oxygens (including phenoxy) is 3. The molecule has 1 aromatic heterocycles. The van der Waals surface area contributed by atoms with Crippen LogP contribution in [0.25, 0.3) is 0 Å². The number of carbonyl (C=O) groups is 1. The smallest absolute Gasteiger partial charge is 0.329 e. The Morgan fingerprint density at radius 3 is 2.38 bits per heavy atom. The number of likely N-dealkylation sites (tertiary alicyclic amines) is 1. The van der Waals surface area contributed by atoms with Gasteiger partial charge in [-0.05, 0) is 63.1 Å².